The Morgan fingerprint density at radius 3 is 2.95 bits per heavy atom. The molecule has 2 atom stereocenters. The van der Waals surface area contributed by atoms with Crippen LogP contribution >= 0.6 is 0 Å². The van der Waals surface area contributed by atoms with Crippen LogP contribution in [0.15, 0.2) is 18.3 Å². The maximum Gasteiger partial charge on any atom is 0.255 e. The molecule has 5 nitrogen and oxygen atoms in total. The highest BCUT2D eigenvalue weighted by atomic mass is 16.1. The predicted octanol–water partition coefficient (Wildman–Crippen LogP) is 1.80. The van der Waals surface area contributed by atoms with Gasteiger partial charge in [0.1, 0.15) is 5.82 Å². The van der Waals surface area contributed by atoms with E-state index in [-0.39, 0.29) is 11.9 Å². The third kappa shape index (κ3) is 3.40. The first kappa shape index (κ1) is 15.3. The van der Waals surface area contributed by atoms with Crippen molar-refractivity contribution in [2.24, 2.45) is 5.92 Å². The lowest BCUT2D eigenvalue weighted by Gasteiger charge is -2.32. The second-order valence-electron chi connectivity index (χ2n) is 6.47. The molecule has 5 heteroatoms. The minimum absolute atomic E-state index is 0.00854. The molecule has 1 aromatic heterocycles. The van der Waals surface area contributed by atoms with Gasteiger partial charge in [0.05, 0.1) is 5.56 Å². The molecular weight excluding hydrogens is 276 g/mol. The average molecular weight is 302 g/mol. The molecule has 0 saturated carbocycles. The molecule has 0 spiro atoms. The summed E-state index contributed by atoms with van der Waals surface area (Å²) in [5.74, 6) is 1.37. The van der Waals surface area contributed by atoms with Crippen LogP contribution in [0.2, 0.25) is 0 Å². The first-order valence-electron chi connectivity index (χ1n) is 8.47. The molecule has 120 valence electrons. The van der Waals surface area contributed by atoms with Gasteiger partial charge >= 0.3 is 0 Å². The molecule has 22 heavy (non-hydrogen) atoms. The number of nitrogens with one attached hydrogen (secondary N) is 2. The van der Waals surface area contributed by atoms with Crippen LogP contribution in [-0.4, -0.2) is 43.1 Å². The number of amides is 1. The molecule has 0 bridgehead atoms. The predicted molar refractivity (Wildman–Crippen MR) is 88.2 cm³/mol. The smallest absolute Gasteiger partial charge is 0.255 e. The average Bonchev–Trinajstić information content (AvgIpc) is 2.58. The maximum atomic E-state index is 12.7. The normalized spacial score (nSPS) is 25.8. The second kappa shape index (κ2) is 7.09. The van der Waals surface area contributed by atoms with Gasteiger partial charge in [-0.2, -0.15) is 0 Å². The zero-order chi connectivity index (χ0) is 15.4. The summed E-state index contributed by atoms with van der Waals surface area (Å²) in [4.78, 5) is 19.5. The number of aromatic nitrogens is 1. The van der Waals surface area contributed by atoms with E-state index >= 15 is 0 Å². The Morgan fingerprint density at radius 1 is 1.36 bits per heavy atom. The molecule has 2 aliphatic rings. The van der Waals surface area contributed by atoms with Crippen molar-refractivity contribution in [2.45, 2.75) is 38.6 Å². The minimum Gasteiger partial charge on any atom is -0.356 e. The summed E-state index contributed by atoms with van der Waals surface area (Å²) < 4.78 is 0. The molecule has 2 saturated heterocycles. The molecule has 2 fully saturated rings. The third-order valence-corrected chi connectivity index (χ3v) is 4.83. The monoisotopic (exact) mass is 302 g/mol. The molecule has 3 heterocycles. The number of carbonyl (C=O) groups excluding carboxylic acids is 1. The molecule has 2 N–H and O–H groups in total. The second-order valence-corrected chi connectivity index (χ2v) is 6.47. The maximum absolute atomic E-state index is 12.7. The van der Waals surface area contributed by atoms with Crippen LogP contribution in [0.4, 0.5) is 5.82 Å². The van der Waals surface area contributed by atoms with Crippen molar-refractivity contribution in [1.29, 1.82) is 0 Å². The Morgan fingerprint density at radius 2 is 2.18 bits per heavy atom. The Balaban J connectivity index is 1.74. The lowest BCUT2D eigenvalue weighted by molar-refractivity contribution is 0.0915. The number of nitrogens with zero attached hydrogens (tertiary/aromatic N) is 2. The van der Waals surface area contributed by atoms with Gasteiger partial charge in [-0.05, 0) is 50.3 Å². The highest BCUT2D eigenvalue weighted by Crippen LogP contribution is 2.22. The molecule has 0 aromatic carbocycles. The summed E-state index contributed by atoms with van der Waals surface area (Å²) in [6.45, 7) is 6.10. The molecule has 0 aliphatic carbocycles. The van der Waals surface area contributed by atoms with Gasteiger partial charge in [0.25, 0.3) is 5.91 Å². The van der Waals surface area contributed by atoms with Gasteiger partial charge in [0.2, 0.25) is 0 Å². The van der Waals surface area contributed by atoms with E-state index in [0.29, 0.717) is 11.5 Å². The van der Waals surface area contributed by atoms with Gasteiger partial charge in [0.15, 0.2) is 0 Å². The Kier molecular flexibility index (Phi) is 4.93. The van der Waals surface area contributed by atoms with Crippen molar-refractivity contribution in [1.82, 2.24) is 15.6 Å². The lowest BCUT2D eigenvalue weighted by atomic mass is 9.94. The third-order valence-electron chi connectivity index (χ3n) is 4.83. The number of hydrogen-bond acceptors (Lipinski definition) is 4. The standard InChI is InChI=1S/C17H26N4O/c1-13-7-9-18-12-15(13)20-17(22)14-6-5-8-19-16(14)21-10-3-2-4-11-21/h5-6,8,13,15,18H,2-4,7,9-12H2,1H3,(H,20,22). The topological polar surface area (TPSA) is 57.3 Å². The van der Waals surface area contributed by atoms with Crippen molar-refractivity contribution < 1.29 is 4.79 Å². The number of piperidine rings is 2. The summed E-state index contributed by atoms with van der Waals surface area (Å²) in [6.07, 6.45) is 6.53. The van der Waals surface area contributed by atoms with E-state index in [2.05, 4.69) is 27.4 Å². The van der Waals surface area contributed by atoms with Gasteiger partial charge in [0, 0.05) is 31.9 Å². The van der Waals surface area contributed by atoms with Gasteiger partial charge in [-0.3, -0.25) is 4.79 Å². The summed E-state index contributed by atoms with van der Waals surface area (Å²) in [5.41, 5.74) is 0.710. The Bertz CT molecular complexity index is 513. The highest BCUT2D eigenvalue weighted by molar-refractivity contribution is 5.99. The van der Waals surface area contributed by atoms with E-state index in [0.717, 1.165) is 38.4 Å². The summed E-state index contributed by atoms with van der Waals surface area (Å²) in [7, 11) is 0. The summed E-state index contributed by atoms with van der Waals surface area (Å²) in [5, 5.41) is 6.56. The number of rotatable bonds is 3. The number of carbonyl (C=O) groups is 1. The molecule has 0 radical (unpaired) electrons. The molecule has 3 rings (SSSR count). The molecule has 1 amide bonds. The highest BCUT2D eigenvalue weighted by Gasteiger charge is 2.25. The van der Waals surface area contributed by atoms with Crippen LogP contribution < -0.4 is 15.5 Å². The van der Waals surface area contributed by atoms with Crippen LogP contribution in [0.3, 0.4) is 0 Å². The minimum atomic E-state index is 0.00854. The SMILES string of the molecule is CC1CCNCC1NC(=O)c1cccnc1N1CCCCC1. The van der Waals surface area contributed by atoms with Crippen molar-refractivity contribution in [3.8, 4) is 0 Å². The zero-order valence-electron chi connectivity index (χ0n) is 13.3. The van der Waals surface area contributed by atoms with Crippen LogP contribution in [0.5, 0.6) is 0 Å². The fraction of sp³-hybridized carbons (Fsp3) is 0.647. The van der Waals surface area contributed by atoms with E-state index in [1.165, 1.54) is 19.3 Å². The van der Waals surface area contributed by atoms with E-state index in [9.17, 15) is 4.79 Å². The van der Waals surface area contributed by atoms with Crippen molar-refractivity contribution >= 4 is 11.7 Å². The number of anilines is 1. The largest absolute Gasteiger partial charge is 0.356 e. The van der Waals surface area contributed by atoms with E-state index in [1.807, 2.05) is 12.1 Å². The number of hydrogen-bond donors (Lipinski definition) is 2. The molecule has 2 aliphatic heterocycles. The van der Waals surface area contributed by atoms with Crippen LogP contribution in [0.1, 0.15) is 43.0 Å². The Hall–Kier alpha value is -1.62. The number of pyridine rings is 1. The van der Waals surface area contributed by atoms with Gasteiger partial charge < -0.3 is 15.5 Å². The van der Waals surface area contributed by atoms with Gasteiger partial charge in [-0.15, -0.1) is 0 Å². The van der Waals surface area contributed by atoms with Crippen LogP contribution in [-0.2, 0) is 0 Å². The fourth-order valence-electron chi connectivity index (χ4n) is 3.36. The molecular formula is C17H26N4O. The fourth-order valence-corrected chi connectivity index (χ4v) is 3.36. The Labute approximate surface area is 132 Å². The first-order valence-corrected chi connectivity index (χ1v) is 8.47. The van der Waals surface area contributed by atoms with Gasteiger partial charge in [-0.25, -0.2) is 4.98 Å². The van der Waals surface area contributed by atoms with Crippen molar-refractivity contribution in [3.63, 3.8) is 0 Å². The molecule has 1 aromatic rings. The van der Waals surface area contributed by atoms with E-state index < -0.39 is 0 Å². The van der Waals surface area contributed by atoms with E-state index in [1.54, 1.807) is 6.20 Å². The van der Waals surface area contributed by atoms with Crippen LogP contribution in [0.25, 0.3) is 0 Å². The van der Waals surface area contributed by atoms with E-state index in [4.69, 9.17) is 0 Å². The lowest BCUT2D eigenvalue weighted by Crippen LogP contribution is -2.50. The van der Waals surface area contributed by atoms with Crippen molar-refractivity contribution in [3.05, 3.63) is 23.9 Å². The van der Waals surface area contributed by atoms with Gasteiger partial charge in [-0.1, -0.05) is 6.92 Å². The summed E-state index contributed by atoms with van der Waals surface area (Å²) in [6, 6.07) is 3.95. The first-order chi connectivity index (χ1) is 10.8. The van der Waals surface area contributed by atoms with Crippen LogP contribution in [0, 0.1) is 5.92 Å². The zero-order valence-corrected chi connectivity index (χ0v) is 13.3. The quantitative estimate of drug-likeness (QED) is 0.894. The molecule has 2 unspecified atom stereocenters. The van der Waals surface area contributed by atoms with Crippen molar-refractivity contribution in [2.75, 3.05) is 31.1 Å². The summed E-state index contributed by atoms with van der Waals surface area (Å²) >= 11 is 0.